The fraction of sp³-hybridized carbons (Fsp3) is 0.0625. The van der Waals surface area contributed by atoms with E-state index in [0.29, 0.717) is 33.0 Å². The van der Waals surface area contributed by atoms with Gasteiger partial charge in [0.2, 0.25) is 5.89 Å². The van der Waals surface area contributed by atoms with E-state index in [1.807, 2.05) is 0 Å². The number of thioether (sulfide) groups is 1. The van der Waals surface area contributed by atoms with Gasteiger partial charge in [-0.3, -0.25) is 0 Å². The molecule has 2 aromatic heterocycles. The summed E-state index contributed by atoms with van der Waals surface area (Å²) in [5.74, 6) is -0.210. The lowest BCUT2D eigenvalue weighted by Crippen LogP contribution is -2.22. The Morgan fingerprint density at radius 1 is 1.16 bits per heavy atom. The number of aliphatic carboxylic acids is 1. The number of carbonyl (C=O) groups excluding carboxylic acids is 1. The number of furan rings is 1. The van der Waals surface area contributed by atoms with Gasteiger partial charge in [0.05, 0.1) is 16.0 Å². The van der Waals surface area contributed by atoms with Gasteiger partial charge in [-0.1, -0.05) is 23.2 Å². The van der Waals surface area contributed by atoms with E-state index in [2.05, 4.69) is 10.2 Å². The number of aryl methyl sites for hydroxylation is 1. The molecule has 0 N–H and O–H groups in total. The zero-order chi connectivity index (χ0) is 18.0. The molecule has 128 valence electrons. The maximum absolute atomic E-state index is 11.3. The van der Waals surface area contributed by atoms with Crippen LogP contribution in [-0.4, -0.2) is 16.2 Å². The van der Waals surface area contributed by atoms with Crippen molar-refractivity contribution in [2.75, 3.05) is 0 Å². The second kappa shape index (κ2) is 7.35. The molecule has 0 spiro atoms. The highest BCUT2D eigenvalue weighted by molar-refractivity contribution is 8.03. The van der Waals surface area contributed by atoms with Crippen molar-refractivity contribution < 1.29 is 18.7 Å². The SMILES string of the molecule is Cc1nnc(S/C(=C/c2ccc(-c3ccc(Cl)c(Cl)c3)o2)C(=O)[O-])o1. The van der Waals surface area contributed by atoms with Crippen molar-refractivity contribution in [3.8, 4) is 11.3 Å². The first kappa shape index (κ1) is 17.6. The minimum absolute atomic E-state index is 0.101. The highest BCUT2D eigenvalue weighted by Crippen LogP contribution is 2.31. The third kappa shape index (κ3) is 4.25. The molecule has 0 aliphatic heterocycles. The van der Waals surface area contributed by atoms with Gasteiger partial charge in [0, 0.05) is 17.4 Å². The number of benzene rings is 1. The highest BCUT2D eigenvalue weighted by Gasteiger charge is 2.11. The second-order valence-corrected chi connectivity index (χ2v) is 6.62. The van der Waals surface area contributed by atoms with Crippen molar-refractivity contribution in [1.82, 2.24) is 10.2 Å². The van der Waals surface area contributed by atoms with Gasteiger partial charge in [-0.25, -0.2) is 0 Å². The highest BCUT2D eigenvalue weighted by atomic mass is 35.5. The smallest absolute Gasteiger partial charge is 0.281 e. The maximum Gasteiger partial charge on any atom is 0.281 e. The van der Waals surface area contributed by atoms with E-state index in [1.54, 1.807) is 37.3 Å². The zero-order valence-corrected chi connectivity index (χ0v) is 15.0. The van der Waals surface area contributed by atoms with Gasteiger partial charge in [-0.2, -0.15) is 0 Å². The van der Waals surface area contributed by atoms with E-state index in [1.165, 1.54) is 6.08 Å². The molecule has 2 heterocycles. The lowest BCUT2D eigenvalue weighted by atomic mass is 10.2. The van der Waals surface area contributed by atoms with Gasteiger partial charge in [-0.05, 0) is 48.2 Å². The van der Waals surface area contributed by atoms with E-state index >= 15 is 0 Å². The maximum atomic E-state index is 11.3. The van der Waals surface area contributed by atoms with Gasteiger partial charge >= 0.3 is 0 Å². The van der Waals surface area contributed by atoms with Crippen molar-refractivity contribution in [1.29, 1.82) is 0 Å². The van der Waals surface area contributed by atoms with Crippen LogP contribution < -0.4 is 5.11 Å². The minimum atomic E-state index is -1.38. The summed E-state index contributed by atoms with van der Waals surface area (Å²) in [7, 11) is 0. The van der Waals surface area contributed by atoms with Gasteiger partial charge in [0.25, 0.3) is 5.22 Å². The summed E-state index contributed by atoms with van der Waals surface area (Å²) in [6, 6.07) is 8.37. The first-order valence-electron chi connectivity index (χ1n) is 6.88. The van der Waals surface area contributed by atoms with Crippen LogP contribution in [-0.2, 0) is 4.79 Å². The van der Waals surface area contributed by atoms with Crippen LogP contribution in [0.5, 0.6) is 0 Å². The largest absolute Gasteiger partial charge is 0.544 e. The number of carboxylic acids is 1. The number of hydrogen-bond acceptors (Lipinski definition) is 7. The molecule has 25 heavy (non-hydrogen) atoms. The Labute approximate surface area is 156 Å². The molecule has 0 aliphatic rings. The second-order valence-electron chi connectivity index (χ2n) is 4.82. The van der Waals surface area contributed by atoms with E-state index in [4.69, 9.17) is 32.0 Å². The summed E-state index contributed by atoms with van der Waals surface area (Å²) >= 11 is 12.7. The third-order valence-corrected chi connectivity index (χ3v) is 4.59. The predicted octanol–water partition coefficient (Wildman–Crippen LogP) is 3.83. The number of aromatic nitrogens is 2. The Balaban J connectivity index is 1.87. The minimum Gasteiger partial charge on any atom is -0.544 e. The number of carboxylic acid groups (broad SMARTS) is 1. The summed E-state index contributed by atoms with van der Waals surface area (Å²) in [4.78, 5) is 11.2. The lowest BCUT2D eigenvalue weighted by molar-refractivity contribution is -0.298. The summed E-state index contributed by atoms with van der Waals surface area (Å²) < 4.78 is 10.8. The summed E-state index contributed by atoms with van der Waals surface area (Å²) in [6.07, 6.45) is 1.32. The quantitative estimate of drug-likeness (QED) is 0.478. The lowest BCUT2D eigenvalue weighted by Gasteiger charge is -2.04. The Morgan fingerprint density at radius 3 is 2.60 bits per heavy atom. The number of rotatable bonds is 5. The molecule has 0 saturated heterocycles. The van der Waals surface area contributed by atoms with E-state index < -0.39 is 5.97 Å². The Bertz CT molecular complexity index is 965. The molecular weight excluding hydrogens is 387 g/mol. The Morgan fingerprint density at radius 2 is 1.96 bits per heavy atom. The van der Waals surface area contributed by atoms with E-state index in [0.717, 1.165) is 11.8 Å². The zero-order valence-electron chi connectivity index (χ0n) is 12.7. The molecule has 0 aliphatic carbocycles. The summed E-state index contributed by atoms with van der Waals surface area (Å²) in [6.45, 7) is 1.61. The topological polar surface area (TPSA) is 92.2 Å². The van der Waals surface area contributed by atoms with Crippen molar-refractivity contribution in [3.63, 3.8) is 0 Å². The van der Waals surface area contributed by atoms with Crippen LogP contribution in [0.25, 0.3) is 17.4 Å². The van der Waals surface area contributed by atoms with E-state index in [9.17, 15) is 9.90 Å². The fourth-order valence-electron chi connectivity index (χ4n) is 1.91. The summed E-state index contributed by atoms with van der Waals surface area (Å²) in [5.41, 5.74) is 0.712. The van der Waals surface area contributed by atoms with Crippen LogP contribution in [0.3, 0.4) is 0 Å². The first-order valence-corrected chi connectivity index (χ1v) is 8.46. The van der Waals surface area contributed by atoms with Crippen molar-refractivity contribution in [2.45, 2.75) is 12.1 Å². The summed E-state index contributed by atoms with van der Waals surface area (Å²) in [5, 5.41) is 19.6. The van der Waals surface area contributed by atoms with Crippen LogP contribution in [0.4, 0.5) is 0 Å². The molecule has 0 atom stereocenters. The molecule has 0 amide bonds. The van der Waals surface area contributed by atoms with Gasteiger partial charge < -0.3 is 18.7 Å². The average molecular weight is 396 g/mol. The molecule has 0 bridgehead atoms. The van der Waals surface area contributed by atoms with Crippen molar-refractivity contribution in [3.05, 3.63) is 56.9 Å². The van der Waals surface area contributed by atoms with Crippen LogP contribution >= 0.6 is 35.0 Å². The van der Waals surface area contributed by atoms with Crippen LogP contribution in [0, 0.1) is 6.92 Å². The fourth-order valence-corrected chi connectivity index (χ4v) is 2.90. The Hall–Kier alpha value is -2.22. The van der Waals surface area contributed by atoms with Crippen LogP contribution in [0.2, 0.25) is 10.0 Å². The molecule has 0 saturated carbocycles. The molecule has 0 fully saturated rings. The van der Waals surface area contributed by atoms with Gasteiger partial charge in [0.1, 0.15) is 11.5 Å². The molecule has 3 rings (SSSR count). The first-order chi connectivity index (χ1) is 11.9. The molecule has 0 radical (unpaired) electrons. The van der Waals surface area contributed by atoms with E-state index in [-0.39, 0.29) is 10.1 Å². The van der Waals surface area contributed by atoms with Crippen LogP contribution in [0.1, 0.15) is 11.7 Å². The standard InChI is InChI=1S/C16H10Cl2N2O4S/c1-8-19-20-16(23-8)25-14(15(21)22)7-10-3-5-13(24-10)9-2-4-11(17)12(18)6-9/h2-7H,1H3,(H,21,22)/p-1/b14-7+. The molecule has 1 aromatic carbocycles. The normalized spacial score (nSPS) is 11.7. The molecule has 3 aromatic rings. The number of hydrogen-bond donors (Lipinski definition) is 0. The monoisotopic (exact) mass is 395 g/mol. The molecule has 6 nitrogen and oxygen atoms in total. The number of nitrogens with zero attached hydrogens (tertiary/aromatic N) is 2. The van der Waals surface area contributed by atoms with Crippen molar-refractivity contribution in [2.24, 2.45) is 0 Å². The molecular formula is C16H9Cl2N2O4S-. The van der Waals surface area contributed by atoms with Gasteiger partial charge in [0.15, 0.2) is 0 Å². The molecule has 0 unspecified atom stereocenters. The number of halogens is 2. The predicted molar refractivity (Wildman–Crippen MR) is 92.0 cm³/mol. The Kier molecular flexibility index (Phi) is 5.17. The number of carbonyl (C=O) groups is 1. The molecule has 9 heteroatoms. The van der Waals surface area contributed by atoms with Crippen molar-refractivity contribution >= 4 is 47.0 Å². The van der Waals surface area contributed by atoms with Gasteiger partial charge in [-0.15, -0.1) is 10.2 Å². The third-order valence-electron chi connectivity index (χ3n) is 3.01. The van der Waals surface area contributed by atoms with Crippen LogP contribution in [0.15, 0.2) is 49.3 Å². The average Bonchev–Trinajstić information content (AvgIpc) is 3.18.